The van der Waals surface area contributed by atoms with Gasteiger partial charge in [-0.2, -0.15) is 9.57 Å². The summed E-state index contributed by atoms with van der Waals surface area (Å²) in [5.74, 6) is 0. The maximum absolute atomic E-state index is 11.7. The Balaban J connectivity index is 2.83. The lowest BCUT2D eigenvalue weighted by molar-refractivity contribution is 0.418. The molecule has 1 atom stereocenters. The van der Waals surface area contributed by atoms with Crippen molar-refractivity contribution in [3.05, 3.63) is 0 Å². The number of nitrogens with zero attached hydrogens (tertiary/aromatic N) is 2. The van der Waals surface area contributed by atoms with Crippen LogP contribution in [0.25, 0.3) is 0 Å². The fourth-order valence-electron chi connectivity index (χ4n) is 1.28. The van der Waals surface area contributed by atoms with Crippen molar-refractivity contribution in [1.82, 2.24) is 4.31 Å². The molecule has 1 rings (SSSR count). The molecule has 0 N–H and O–H groups in total. The summed E-state index contributed by atoms with van der Waals surface area (Å²) in [5, 5.41) is 7.64. The van der Waals surface area contributed by atoms with Crippen LogP contribution < -0.4 is 0 Å². The minimum Gasteiger partial charge on any atom is -0.211 e. The number of sulfonamides is 1. The molecule has 1 aliphatic carbocycles. The highest BCUT2D eigenvalue weighted by Crippen LogP contribution is 2.30. The standard InChI is InChI=1S/C8H14N2O2S/c1-3-10(8-4-5-8)13(11,12)7(2)6-9/h7-8H,3-5H2,1-2H3. The predicted octanol–water partition coefficient (Wildman–Crippen LogP) is 0.713. The summed E-state index contributed by atoms with van der Waals surface area (Å²) in [6, 6.07) is 1.93. The number of hydrogen-bond acceptors (Lipinski definition) is 3. The van der Waals surface area contributed by atoms with E-state index in [4.69, 9.17) is 5.26 Å². The second-order valence-electron chi connectivity index (χ2n) is 3.25. The first-order chi connectivity index (χ1) is 6.04. The summed E-state index contributed by atoms with van der Waals surface area (Å²) < 4.78 is 24.8. The molecule has 0 aromatic carbocycles. The maximum atomic E-state index is 11.7. The fraction of sp³-hybridized carbons (Fsp3) is 0.875. The average molecular weight is 202 g/mol. The van der Waals surface area contributed by atoms with E-state index < -0.39 is 15.3 Å². The second-order valence-corrected chi connectivity index (χ2v) is 5.46. The van der Waals surface area contributed by atoms with E-state index in [9.17, 15) is 8.42 Å². The van der Waals surface area contributed by atoms with Gasteiger partial charge in [-0.1, -0.05) is 6.92 Å². The lowest BCUT2D eigenvalue weighted by Gasteiger charge is -2.20. The molecule has 0 aromatic heterocycles. The Morgan fingerprint density at radius 3 is 2.46 bits per heavy atom. The molecule has 0 heterocycles. The minimum atomic E-state index is -3.37. The van der Waals surface area contributed by atoms with Gasteiger partial charge in [0.25, 0.3) is 0 Å². The Bertz CT molecular complexity index is 314. The maximum Gasteiger partial charge on any atom is 0.230 e. The Morgan fingerprint density at radius 2 is 2.15 bits per heavy atom. The summed E-state index contributed by atoms with van der Waals surface area (Å²) >= 11 is 0. The van der Waals surface area contributed by atoms with Crippen molar-refractivity contribution in [3.8, 4) is 6.07 Å². The van der Waals surface area contributed by atoms with Crippen LogP contribution in [0.3, 0.4) is 0 Å². The molecule has 74 valence electrons. The zero-order chi connectivity index (χ0) is 10.1. The topological polar surface area (TPSA) is 61.2 Å². The van der Waals surface area contributed by atoms with Crippen LogP contribution in [0.15, 0.2) is 0 Å². The lowest BCUT2D eigenvalue weighted by atomic mass is 10.5. The molecule has 13 heavy (non-hydrogen) atoms. The lowest BCUT2D eigenvalue weighted by Crippen LogP contribution is -2.38. The van der Waals surface area contributed by atoms with Crippen molar-refractivity contribution >= 4 is 10.0 Å². The van der Waals surface area contributed by atoms with Crippen LogP contribution in [0.1, 0.15) is 26.7 Å². The fourth-order valence-corrected chi connectivity index (χ4v) is 2.80. The number of rotatable bonds is 4. The molecule has 0 spiro atoms. The minimum absolute atomic E-state index is 0.158. The third kappa shape index (κ3) is 2.01. The van der Waals surface area contributed by atoms with Gasteiger partial charge in [0.1, 0.15) is 0 Å². The molecule has 0 bridgehead atoms. The molecule has 0 aliphatic heterocycles. The monoisotopic (exact) mass is 202 g/mol. The zero-order valence-electron chi connectivity index (χ0n) is 7.90. The van der Waals surface area contributed by atoms with Gasteiger partial charge in [0.2, 0.25) is 10.0 Å². The summed E-state index contributed by atoms with van der Waals surface area (Å²) in [5.41, 5.74) is 0. The molecule has 0 amide bonds. The van der Waals surface area contributed by atoms with E-state index in [0.717, 1.165) is 12.8 Å². The molecule has 0 radical (unpaired) electrons. The molecule has 5 heteroatoms. The third-order valence-electron chi connectivity index (χ3n) is 2.22. The van der Waals surface area contributed by atoms with Gasteiger partial charge in [-0.3, -0.25) is 0 Å². The van der Waals surface area contributed by atoms with Crippen LogP contribution in [-0.4, -0.2) is 30.6 Å². The van der Waals surface area contributed by atoms with Crippen molar-refractivity contribution in [1.29, 1.82) is 5.26 Å². The summed E-state index contributed by atoms with van der Waals surface area (Å²) in [4.78, 5) is 0. The molecule has 1 aliphatic rings. The Labute approximate surface area is 79.2 Å². The highest BCUT2D eigenvalue weighted by Gasteiger charge is 2.38. The SMILES string of the molecule is CCN(C1CC1)S(=O)(=O)C(C)C#N. The van der Waals surface area contributed by atoms with E-state index in [2.05, 4.69) is 0 Å². The van der Waals surface area contributed by atoms with E-state index in [-0.39, 0.29) is 6.04 Å². The summed E-state index contributed by atoms with van der Waals surface area (Å²) in [6.07, 6.45) is 1.87. The Kier molecular flexibility index (Phi) is 2.94. The van der Waals surface area contributed by atoms with Crippen LogP contribution in [-0.2, 0) is 10.0 Å². The Hall–Kier alpha value is -0.600. The van der Waals surface area contributed by atoms with Gasteiger partial charge in [0, 0.05) is 12.6 Å². The molecular weight excluding hydrogens is 188 g/mol. The molecule has 1 unspecified atom stereocenters. The third-order valence-corrected chi connectivity index (χ3v) is 4.43. The van der Waals surface area contributed by atoms with E-state index in [1.807, 2.05) is 0 Å². The van der Waals surface area contributed by atoms with Crippen molar-refractivity contribution in [3.63, 3.8) is 0 Å². The Morgan fingerprint density at radius 1 is 1.62 bits per heavy atom. The van der Waals surface area contributed by atoms with Crippen molar-refractivity contribution in [2.45, 2.75) is 38.0 Å². The van der Waals surface area contributed by atoms with E-state index in [1.54, 1.807) is 13.0 Å². The average Bonchev–Trinajstić information content (AvgIpc) is 2.87. The summed E-state index contributed by atoms with van der Waals surface area (Å²) in [6.45, 7) is 3.71. The largest absolute Gasteiger partial charge is 0.230 e. The van der Waals surface area contributed by atoms with Gasteiger partial charge in [-0.15, -0.1) is 0 Å². The van der Waals surface area contributed by atoms with E-state index in [0.29, 0.717) is 6.54 Å². The van der Waals surface area contributed by atoms with Crippen LogP contribution in [0.4, 0.5) is 0 Å². The van der Waals surface area contributed by atoms with Crippen LogP contribution in [0.2, 0.25) is 0 Å². The molecular formula is C8H14N2O2S. The second kappa shape index (κ2) is 3.64. The van der Waals surface area contributed by atoms with Crippen LogP contribution in [0, 0.1) is 11.3 Å². The number of nitriles is 1. The van der Waals surface area contributed by atoms with Crippen LogP contribution >= 0.6 is 0 Å². The molecule has 4 nitrogen and oxygen atoms in total. The van der Waals surface area contributed by atoms with E-state index in [1.165, 1.54) is 11.2 Å². The van der Waals surface area contributed by atoms with Crippen LogP contribution in [0.5, 0.6) is 0 Å². The van der Waals surface area contributed by atoms with Crippen molar-refractivity contribution in [2.24, 2.45) is 0 Å². The normalized spacial score (nSPS) is 19.8. The first-order valence-electron chi connectivity index (χ1n) is 4.44. The van der Waals surface area contributed by atoms with Gasteiger partial charge in [-0.05, 0) is 19.8 Å². The zero-order valence-corrected chi connectivity index (χ0v) is 8.71. The smallest absolute Gasteiger partial charge is 0.211 e. The molecule has 1 saturated carbocycles. The van der Waals surface area contributed by atoms with E-state index >= 15 is 0 Å². The van der Waals surface area contributed by atoms with Gasteiger partial charge in [0.05, 0.1) is 6.07 Å². The quantitative estimate of drug-likeness (QED) is 0.674. The van der Waals surface area contributed by atoms with Gasteiger partial charge in [-0.25, -0.2) is 8.42 Å². The summed E-state index contributed by atoms with van der Waals surface area (Å²) in [7, 11) is -3.37. The van der Waals surface area contributed by atoms with Crippen molar-refractivity contribution < 1.29 is 8.42 Å². The van der Waals surface area contributed by atoms with Gasteiger partial charge in [0.15, 0.2) is 5.25 Å². The highest BCUT2D eigenvalue weighted by molar-refractivity contribution is 7.90. The highest BCUT2D eigenvalue weighted by atomic mass is 32.2. The van der Waals surface area contributed by atoms with Crippen molar-refractivity contribution in [2.75, 3.05) is 6.54 Å². The number of hydrogen-bond donors (Lipinski definition) is 0. The first-order valence-corrected chi connectivity index (χ1v) is 5.94. The first kappa shape index (κ1) is 10.5. The van der Waals surface area contributed by atoms with Gasteiger partial charge >= 0.3 is 0 Å². The molecule has 1 fully saturated rings. The predicted molar refractivity (Wildman–Crippen MR) is 49.4 cm³/mol. The molecule has 0 saturated heterocycles. The molecule has 0 aromatic rings. The van der Waals surface area contributed by atoms with Gasteiger partial charge < -0.3 is 0 Å².